The lowest BCUT2D eigenvalue weighted by Crippen LogP contribution is -2.50. The van der Waals surface area contributed by atoms with Crippen molar-refractivity contribution in [3.8, 4) is 0 Å². The van der Waals surface area contributed by atoms with E-state index in [0.29, 0.717) is 26.1 Å². The molecule has 1 aliphatic heterocycles. The zero-order chi connectivity index (χ0) is 12.9. The highest BCUT2D eigenvalue weighted by Crippen LogP contribution is 2.09. The Hall–Kier alpha value is -0.170. The number of sulfonamides is 1. The highest BCUT2D eigenvalue weighted by atomic mass is 32.2. The van der Waals surface area contributed by atoms with E-state index < -0.39 is 10.0 Å². The van der Waals surface area contributed by atoms with E-state index in [1.54, 1.807) is 4.31 Å². The van der Waals surface area contributed by atoms with Gasteiger partial charge in [0.2, 0.25) is 10.0 Å². The summed E-state index contributed by atoms with van der Waals surface area (Å²) in [4.78, 5) is 2.13. The quantitative estimate of drug-likeness (QED) is 0.740. The Bertz CT molecular complexity index is 311. The second-order valence-electron chi connectivity index (χ2n) is 4.58. The Kier molecular flexibility index (Phi) is 5.85. The number of hydrogen-bond donors (Lipinski definition) is 1. The summed E-state index contributed by atoms with van der Waals surface area (Å²) in [5, 5.41) is 9.55. The van der Waals surface area contributed by atoms with Crippen LogP contribution in [0, 0.1) is 0 Å². The van der Waals surface area contributed by atoms with Gasteiger partial charge in [-0.3, -0.25) is 4.90 Å². The predicted octanol–water partition coefficient (Wildman–Crippen LogP) is 0.115. The first kappa shape index (κ1) is 14.9. The molecule has 0 aromatic rings. The summed E-state index contributed by atoms with van der Waals surface area (Å²) < 4.78 is 25.2. The van der Waals surface area contributed by atoms with Crippen LogP contribution in [0.15, 0.2) is 0 Å². The Morgan fingerprint density at radius 1 is 1.18 bits per heavy atom. The molecule has 1 saturated heterocycles. The number of aliphatic hydroxyl groups excluding tert-OH is 1. The van der Waals surface area contributed by atoms with Crippen molar-refractivity contribution in [3.05, 3.63) is 0 Å². The fourth-order valence-corrected chi connectivity index (χ4v) is 3.50. The maximum atomic E-state index is 11.8. The maximum Gasteiger partial charge on any atom is 0.214 e. The van der Waals surface area contributed by atoms with Crippen LogP contribution in [0.1, 0.15) is 26.7 Å². The molecule has 1 rings (SSSR count). The summed E-state index contributed by atoms with van der Waals surface area (Å²) in [6, 6.07) is 0. The molecule has 1 aliphatic rings. The molecule has 1 N–H and O–H groups in total. The van der Waals surface area contributed by atoms with Crippen molar-refractivity contribution in [1.29, 1.82) is 0 Å². The third-order valence-electron chi connectivity index (χ3n) is 3.13. The minimum absolute atomic E-state index is 0.241. The lowest BCUT2D eigenvalue weighted by atomic mass is 10.2. The van der Waals surface area contributed by atoms with Gasteiger partial charge >= 0.3 is 0 Å². The average Bonchev–Trinajstić information content (AvgIpc) is 2.29. The summed E-state index contributed by atoms with van der Waals surface area (Å²) >= 11 is 0. The van der Waals surface area contributed by atoms with Gasteiger partial charge < -0.3 is 5.11 Å². The molecule has 0 aromatic heterocycles. The SMILES string of the molecule is CCCS(=O)(=O)N1CCN(C[C@H](O)CC)CC1. The third kappa shape index (κ3) is 4.54. The molecule has 0 spiro atoms. The zero-order valence-electron chi connectivity index (χ0n) is 10.8. The molecule has 1 fully saturated rings. The summed E-state index contributed by atoms with van der Waals surface area (Å²) in [6.07, 6.45) is 1.11. The fraction of sp³-hybridized carbons (Fsp3) is 1.00. The Morgan fingerprint density at radius 2 is 1.76 bits per heavy atom. The smallest absolute Gasteiger partial charge is 0.214 e. The largest absolute Gasteiger partial charge is 0.392 e. The molecule has 0 unspecified atom stereocenters. The maximum absolute atomic E-state index is 11.8. The first-order valence-corrected chi connectivity index (χ1v) is 7.98. The summed E-state index contributed by atoms with van der Waals surface area (Å²) in [5.41, 5.74) is 0. The number of hydrogen-bond acceptors (Lipinski definition) is 4. The van der Waals surface area contributed by atoms with Gasteiger partial charge in [0, 0.05) is 32.7 Å². The van der Waals surface area contributed by atoms with Crippen LogP contribution in [0.25, 0.3) is 0 Å². The van der Waals surface area contributed by atoms with Crippen LogP contribution in [0.2, 0.25) is 0 Å². The topological polar surface area (TPSA) is 60.9 Å². The van der Waals surface area contributed by atoms with Gasteiger partial charge in [0.05, 0.1) is 11.9 Å². The number of β-amino-alcohol motifs (C(OH)–C–C–N with tert-alkyl or cyclic N) is 1. The van der Waals surface area contributed by atoms with Crippen molar-refractivity contribution in [1.82, 2.24) is 9.21 Å². The Morgan fingerprint density at radius 3 is 2.24 bits per heavy atom. The van der Waals surface area contributed by atoms with Gasteiger partial charge in [-0.2, -0.15) is 4.31 Å². The Labute approximate surface area is 104 Å². The van der Waals surface area contributed by atoms with Crippen molar-refractivity contribution in [3.63, 3.8) is 0 Å². The highest BCUT2D eigenvalue weighted by Gasteiger charge is 2.26. The van der Waals surface area contributed by atoms with Crippen LogP contribution in [0.3, 0.4) is 0 Å². The average molecular weight is 264 g/mol. The third-order valence-corrected chi connectivity index (χ3v) is 5.20. The van der Waals surface area contributed by atoms with E-state index in [-0.39, 0.29) is 11.9 Å². The van der Waals surface area contributed by atoms with E-state index in [1.807, 2.05) is 13.8 Å². The Balaban J connectivity index is 2.40. The highest BCUT2D eigenvalue weighted by molar-refractivity contribution is 7.89. The van der Waals surface area contributed by atoms with Crippen molar-refractivity contribution in [2.24, 2.45) is 0 Å². The molecule has 6 heteroatoms. The lowest BCUT2D eigenvalue weighted by molar-refractivity contribution is 0.0896. The van der Waals surface area contributed by atoms with E-state index in [0.717, 1.165) is 19.5 Å². The molecule has 0 radical (unpaired) electrons. The number of nitrogens with zero attached hydrogens (tertiary/aromatic N) is 2. The van der Waals surface area contributed by atoms with Gasteiger partial charge in [-0.1, -0.05) is 13.8 Å². The molecule has 0 bridgehead atoms. The molecule has 0 saturated carbocycles. The van der Waals surface area contributed by atoms with E-state index in [4.69, 9.17) is 0 Å². The van der Waals surface area contributed by atoms with E-state index in [1.165, 1.54) is 0 Å². The lowest BCUT2D eigenvalue weighted by Gasteiger charge is -2.34. The van der Waals surface area contributed by atoms with Gasteiger partial charge in [0.15, 0.2) is 0 Å². The van der Waals surface area contributed by atoms with E-state index >= 15 is 0 Å². The van der Waals surface area contributed by atoms with Crippen LogP contribution >= 0.6 is 0 Å². The van der Waals surface area contributed by atoms with Gasteiger partial charge in [-0.15, -0.1) is 0 Å². The zero-order valence-corrected chi connectivity index (χ0v) is 11.6. The molecule has 1 atom stereocenters. The first-order chi connectivity index (χ1) is 7.99. The van der Waals surface area contributed by atoms with E-state index in [2.05, 4.69) is 4.90 Å². The normalized spacial score (nSPS) is 21.6. The van der Waals surface area contributed by atoms with Crippen molar-refractivity contribution >= 4 is 10.0 Å². The molecular weight excluding hydrogens is 240 g/mol. The molecule has 0 amide bonds. The van der Waals surface area contributed by atoms with Gasteiger partial charge in [-0.05, 0) is 12.8 Å². The molecular formula is C11H24N2O3S. The van der Waals surface area contributed by atoms with E-state index in [9.17, 15) is 13.5 Å². The van der Waals surface area contributed by atoms with Crippen LogP contribution < -0.4 is 0 Å². The number of aliphatic hydroxyl groups is 1. The number of rotatable bonds is 6. The molecule has 0 aromatic carbocycles. The van der Waals surface area contributed by atoms with Crippen LogP contribution in [0.5, 0.6) is 0 Å². The molecule has 1 heterocycles. The first-order valence-electron chi connectivity index (χ1n) is 6.37. The second kappa shape index (κ2) is 6.68. The monoisotopic (exact) mass is 264 g/mol. The second-order valence-corrected chi connectivity index (χ2v) is 6.67. The van der Waals surface area contributed by atoms with Crippen LogP contribution in [-0.2, 0) is 10.0 Å². The summed E-state index contributed by atoms with van der Waals surface area (Å²) in [5.74, 6) is 0.241. The van der Waals surface area contributed by atoms with Gasteiger partial charge in [0.1, 0.15) is 0 Å². The van der Waals surface area contributed by atoms with Crippen LogP contribution in [-0.4, -0.2) is 67.3 Å². The van der Waals surface area contributed by atoms with Crippen molar-refractivity contribution in [2.75, 3.05) is 38.5 Å². The molecule has 102 valence electrons. The molecule has 17 heavy (non-hydrogen) atoms. The number of piperazine rings is 1. The van der Waals surface area contributed by atoms with Gasteiger partial charge in [-0.25, -0.2) is 8.42 Å². The van der Waals surface area contributed by atoms with Gasteiger partial charge in [0.25, 0.3) is 0 Å². The van der Waals surface area contributed by atoms with Crippen LogP contribution in [0.4, 0.5) is 0 Å². The molecule has 5 nitrogen and oxygen atoms in total. The summed E-state index contributed by atoms with van der Waals surface area (Å²) in [6.45, 7) is 7.04. The molecule has 0 aliphatic carbocycles. The standard InChI is InChI=1S/C11H24N2O3S/c1-3-9-17(15,16)13-7-5-12(6-8-13)10-11(14)4-2/h11,14H,3-10H2,1-2H3/t11-/m1/s1. The summed E-state index contributed by atoms with van der Waals surface area (Å²) in [7, 11) is -3.05. The van der Waals surface area contributed by atoms with Crippen molar-refractivity contribution < 1.29 is 13.5 Å². The predicted molar refractivity (Wildman–Crippen MR) is 68.4 cm³/mol. The van der Waals surface area contributed by atoms with Crippen molar-refractivity contribution in [2.45, 2.75) is 32.8 Å². The fourth-order valence-electron chi connectivity index (χ4n) is 2.00. The minimum atomic E-state index is -3.05. The minimum Gasteiger partial charge on any atom is -0.392 e.